The minimum Gasteiger partial charge on any atom is -0.477 e. The van der Waals surface area contributed by atoms with Crippen molar-refractivity contribution in [2.75, 3.05) is 6.61 Å². The van der Waals surface area contributed by atoms with Gasteiger partial charge in [-0.1, -0.05) is 31.1 Å². The Labute approximate surface area is 134 Å². The zero-order valence-electron chi connectivity index (χ0n) is 13.4. The molecule has 6 nitrogen and oxygen atoms in total. The molecule has 0 radical (unpaired) electrons. The molecule has 0 saturated heterocycles. The van der Waals surface area contributed by atoms with Crippen molar-refractivity contribution in [3.8, 4) is 28.9 Å². The first kappa shape index (κ1) is 15.1. The maximum atomic E-state index is 5.32. The highest BCUT2D eigenvalue weighted by atomic mass is 16.5. The van der Waals surface area contributed by atoms with Crippen LogP contribution in [-0.4, -0.2) is 26.7 Å². The summed E-state index contributed by atoms with van der Waals surface area (Å²) >= 11 is 0. The monoisotopic (exact) mass is 310 g/mol. The van der Waals surface area contributed by atoms with E-state index in [1.807, 2.05) is 19.1 Å². The summed E-state index contributed by atoms with van der Waals surface area (Å²) in [6.07, 6.45) is 3.12. The van der Waals surface area contributed by atoms with Crippen LogP contribution in [0.5, 0.6) is 5.88 Å². The second kappa shape index (κ2) is 6.56. The van der Waals surface area contributed by atoms with Crippen LogP contribution < -0.4 is 4.74 Å². The average molecular weight is 310 g/mol. The Bertz CT molecular complexity index is 764. The summed E-state index contributed by atoms with van der Waals surface area (Å²) in [5, 5.41) is 3.97. The third-order valence-corrected chi connectivity index (χ3v) is 3.40. The second-order valence-electron chi connectivity index (χ2n) is 5.37. The first-order chi connectivity index (χ1) is 11.2. The maximum absolute atomic E-state index is 5.32. The molecule has 23 heavy (non-hydrogen) atoms. The van der Waals surface area contributed by atoms with Crippen LogP contribution >= 0.6 is 0 Å². The third kappa shape index (κ3) is 3.36. The van der Waals surface area contributed by atoms with Gasteiger partial charge in [0, 0.05) is 5.56 Å². The highest BCUT2D eigenvalue weighted by molar-refractivity contribution is 5.57. The Morgan fingerprint density at radius 3 is 2.48 bits per heavy atom. The molecule has 2 aromatic heterocycles. The van der Waals surface area contributed by atoms with E-state index in [9.17, 15) is 0 Å². The quantitative estimate of drug-likeness (QED) is 0.715. The fraction of sp³-hybridized carbons (Fsp3) is 0.294. The van der Waals surface area contributed by atoms with Crippen molar-refractivity contribution < 1.29 is 9.26 Å². The largest absolute Gasteiger partial charge is 0.477 e. The molecule has 0 amide bonds. The Morgan fingerprint density at radius 2 is 1.87 bits per heavy atom. The van der Waals surface area contributed by atoms with Gasteiger partial charge in [-0.25, -0.2) is 9.97 Å². The van der Waals surface area contributed by atoms with Gasteiger partial charge in [-0.05, 0) is 30.5 Å². The fourth-order valence-electron chi connectivity index (χ4n) is 2.11. The van der Waals surface area contributed by atoms with Gasteiger partial charge >= 0.3 is 0 Å². The smallest absolute Gasteiger partial charge is 0.258 e. The van der Waals surface area contributed by atoms with Gasteiger partial charge in [-0.3, -0.25) is 0 Å². The Hall–Kier alpha value is -2.76. The first-order valence-electron chi connectivity index (χ1n) is 7.56. The standard InChI is InChI=1S/C17H18N4O2/c1-4-22-15-10-18-14(9-19-15)16-20-17(23-21-16)13-7-5-12(6-8-13)11(2)3/h5-11H,4H2,1-3H3. The number of ether oxygens (including phenoxy) is 1. The molecule has 2 heterocycles. The van der Waals surface area contributed by atoms with E-state index < -0.39 is 0 Å². The van der Waals surface area contributed by atoms with Gasteiger partial charge in [0.25, 0.3) is 5.89 Å². The molecule has 0 saturated carbocycles. The van der Waals surface area contributed by atoms with E-state index >= 15 is 0 Å². The highest BCUT2D eigenvalue weighted by Gasteiger charge is 2.12. The van der Waals surface area contributed by atoms with Crippen molar-refractivity contribution >= 4 is 0 Å². The molecule has 3 aromatic rings. The molecule has 0 bridgehead atoms. The van der Waals surface area contributed by atoms with E-state index in [0.29, 0.717) is 35.8 Å². The summed E-state index contributed by atoms with van der Waals surface area (Å²) in [6.45, 7) is 6.76. The van der Waals surface area contributed by atoms with E-state index in [-0.39, 0.29) is 0 Å². The van der Waals surface area contributed by atoms with Crippen molar-refractivity contribution in [1.29, 1.82) is 0 Å². The molecule has 0 aliphatic heterocycles. The molecule has 0 spiro atoms. The van der Waals surface area contributed by atoms with Crippen LogP contribution in [0.3, 0.4) is 0 Å². The molecule has 0 unspecified atom stereocenters. The van der Waals surface area contributed by atoms with Gasteiger partial charge < -0.3 is 9.26 Å². The molecule has 0 aliphatic carbocycles. The van der Waals surface area contributed by atoms with E-state index in [0.717, 1.165) is 5.56 Å². The minimum atomic E-state index is 0.406. The lowest BCUT2D eigenvalue weighted by atomic mass is 10.0. The van der Waals surface area contributed by atoms with Crippen LogP contribution in [0.4, 0.5) is 0 Å². The van der Waals surface area contributed by atoms with Gasteiger partial charge in [0.2, 0.25) is 11.7 Å². The fourth-order valence-corrected chi connectivity index (χ4v) is 2.11. The van der Waals surface area contributed by atoms with Crippen LogP contribution in [0.15, 0.2) is 41.2 Å². The van der Waals surface area contributed by atoms with Crippen molar-refractivity contribution in [3.63, 3.8) is 0 Å². The number of nitrogens with zero attached hydrogens (tertiary/aromatic N) is 4. The number of benzene rings is 1. The lowest BCUT2D eigenvalue weighted by molar-refractivity contribution is 0.325. The number of hydrogen-bond acceptors (Lipinski definition) is 6. The lowest BCUT2D eigenvalue weighted by Crippen LogP contribution is -1.96. The van der Waals surface area contributed by atoms with Crippen LogP contribution in [0.25, 0.3) is 23.0 Å². The van der Waals surface area contributed by atoms with Gasteiger partial charge in [0.05, 0.1) is 19.0 Å². The molecule has 118 valence electrons. The van der Waals surface area contributed by atoms with Crippen LogP contribution in [0.2, 0.25) is 0 Å². The second-order valence-corrected chi connectivity index (χ2v) is 5.37. The SMILES string of the molecule is CCOc1cnc(-c2noc(-c3ccc(C(C)C)cc3)n2)cn1. The number of aromatic nitrogens is 4. The lowest BCUT2D eigenvalue weighted by Gasteiger charge is -2.04. The van der Waals surface area contributed by atoms with Gasteiger partial charge in [-0.15, -0.1) is 0 Å². The summed E-state index contributed by atoms with van der Waals surface area (Å²) in [7, 11) is 0. The summed E-state index contributed by atoms with van der Waals surface area (Å²) in [6, 6.07) is 8.11. The number of hydrogen-bond donors (Lipinski definition) is 0. The van der Waals surface area contributed by atoms with E-state index in [1.165, 1.54) is 5.56 Å². The highest BCUT2D eigenvalue weighted by Crippen LogP contribution is 2.23. The summed E-state index contributed by atoms with van der Waals surface area (Å²) in [4.78, 5) is 12.8. The van der Waals surface area contributed by atoms with Gasteiger partial charge in [0.15, 0.2) is 0 Å². The van der Waals surface area contributed by atoms with Crippen molar-refractivity contribution in [2.45, 2.75) is 26.7 Å². The van der Waals surface area contributed by atoms with E-state index in [2.05, 4.69) is 46.1 Å². The molecule has 1 aromatic carbocycles. The molecule has 3 rings (SSSR count). The molecular weight excluding hydrogens is 292 g/mol. The average Bonchev–Trinajstić information content (AvgIpc) is 3.06. The molecule has 6 heteroatoms. The van der Waals surface area contributed by atoms with Crippen LogP contribution in [0.1, 0.15) is 32.3 Å². The predicted molar refractivity (Wildman–Crippen MR) is 86.0 cm³/mol. The minimum absolute atomic E-state index is 0.406. The number of rotatable bonds is 5. The molecule has 0 N–H and O–H groups in total. The Balaban J connectivity index is 1.82. The van der Waals surface area contributed by atoms with Crippen molar-refractivity contribution in [2.24, 2.45) is 0 Å². The van der Waals surface area contributed by atoms with E-state index in [4.69, 9.17) is 9.26 Å². The zero-order valence-corrected chi connectivity index (χ0v) is 13.4. The molecular formula is C17H18N4O2. The molecule has 0 fully saturated rings. The van der Waals surface area contributed by atoms with Gasteiger partial charge in [0.1, 0.15) is 5.69 Å². The topological polar surface area (TPSA) is 73.9 Å². The molecule has 0 atom stereocenters. The van der Waals surface area contributed by atoms with Crippen LogP contribution in [0, 0.1) is 0 Å². The van der Waals surface area contributed by atoms with Crippen molar-refractivity contribution in [3.05, 3.63) is 42.2 Å². The maximum Gasteiger partial charge on any atom is 0.258 e. The molecule has 0 aliphatic rings. The Kier molecular flexibility index (Phi) is 4.32. The summed E-state index contributed by atoms with van der Waals surface area (Å²) in [5.41, 5.74) is 2.69. The predicted octanol–water partition coefficient (Wildman–Crippen LogP) is 3.72. The first-order valence-corrected chi connectivity index (χ1v) is 7.56. The summed E-state index contributed by atoms with van der Waals surface area (Å²) < 4.78 is 10.6. The normalized spacial score (nSPS) is 11.0. The zero-order chi connectivity index (χ0) is 16.2. The summed E-state index contributed by atoms with van der Waals surface area (Å²) in [5.74, 6) is 1.83. The van der Waals surface area contributed by atoms with Crippen LogP contribution in [-0.2, 0) is 0 Å². The van der Waals surface area contributed by atoms with E-state index in [1.54, 1.807) is 12.4 Å². The van der Waals surface area contributed by atoms with Gasteiger partial charge in [-0.2, -0.15) is 4.98 Å². The third-order valence-electron chi connectivity index (χ3n) is 3.40. The Morgan fingerprint density at radius 1 is 1.09 bits per heavy atom. The van der Waals surface area contributed by atoms with Crippen molar-refractivity contribution in [1.82, 2.24) is 20.1 Å².